The highest BCUT2D eigenvalue weighted by Gasteiger charge is 2.43. The van der Waals surface area contributed by atoms with Gasteiger partial charge in [-0.2, -0.15) is 17.9 Å². The number of hydrogen-bond acceptors (Lipinski definition) is 4. The second-order valence-electron chi connectivity index (χ2n) is 5.07. The molecule has 6 nitrogen and oxygen atoms in total. The minimum atomic E-state index is -4.92. The third kappa shape index (κ3) is 3.61. The first kappa shape index (κ1) is 17.3. The van der Waals surface area contributed by atoms with Crippen LogP contribution in [0, 0.1) is 5.82 Å². The zero-order valence-corrected chi connectivity index (χ0v) is 13.1. The van der Waals surface area contributed by atoms with Gasteiger partial charge in [-0.3, -0.25) is 4.98 Å². The van der Waals surface area contributed by atoms with E-state index in [-0.39, 0.29) is 5.65 Å². The number of hydrogen-bond donors (Lipinski definition) is 1. The van der Waals surface area contributed by atoms with Crippen molar-refractivity contribution in [2.24, 2.45) is 0 Å². The number of alkyl halides is 3. The largest absolute Gasteiger partial charge is 0.408 e. The van der Waals surface area contributed by atoms with Crippen molar-refractivity contribution in [3.8, 4) is 0 Å². The lowest BCUT2D eigenvalue weighted by Crippen LogP contribution is -2.38. The van der Waals surface area contributed by atoms with Crippen LogP contribution < -0.4 is 4.72 Å². The van der Waals surface area contributed by atoms with Gasteiger partial charge in [0, 0.05) is 18.6 Å². The fourth-order valence-electron chi connectivity index (χ4n) is 2.14. The van der Waals surface area contributed by atoms with Crippen molar-refractivity contribution in [1.29, 1.82) is 0 Å². The first-order valence-electron chi connectivity index (χ1n) is 6.80. The van der Waals surface area contributed by atoms with E-state index in [9.17, 15) is 26.0 Å². The molecule has 25 heavy (non-hydrogen) atoms. The minimum absolute atomic E-state index is 0.160. The van der Waals surface area contributed by atoms with Crippen molar-refractivity contribution in [3.05, 3.63) is 60.4 Å². The molecule has 3 rings (SSSR count). The highest BCUT2D eigenvalue weighted by Crippen LogP contribution is 2.34. The van der Waals surface area contributed by atoms with Gasteiger partial charge in [-0.25, -0.2) is 17.8 Å². The van der Waals surface area contributed by atoms with Gasteiger partial charge in [-0.1, -0.05) is 12.1 Å². The summed E-state index contributed by atoms with van der Waals surface area (Å²) in [6.07, 6.45) is 0.182. The molecule has 1 aromatic carbocycles. The lowest BCUT2D eigenvalue weighted by Gasteiger charge is -2.21. The molecule has 132 valence electrons. The molecule has 1 unspecified atom stereocenters. The van der Waals surface area contributed by atoms with Crippen LogP contribution in [0.3, 0.4) is 0 Å². The molecule has 0 saturated heterocycles. The zero-order chi connectivity index (χ0) is 18.2. The molecule has 0 aliphatic heterocycles. The number of imidazole rings is 1. The Labute approximate surface area is 139 Å². The summed E-state index contributed by atoms with van der Waals surface area (Å²) < 4.78 is 80.3. The fourth-order valence-corrected chi connectivity index (χ4v) is 3.31. The van der Waals surface area contributed by atoms with Crippen molar-refractivity contribution in [3.63, 3.8) is 0 Å². The molecule has 0 aliphatic rings. The van der Waals surface area contributed by atoms with Gasteiger partial charge in [0.05, 0.1) is 6.20 Å². The summed E-state index contributed by atoms with van der Waals surface area (Å²) in [5.74, 6) is -0.736. The van der Waals surface area contributed by atoms with E-state index in [4.69, 9.17) is 0 Å². The first-order valence-corrected chi connectivity index (χ1v) is 8.28. The maximum atomic E-state index is 13.3. The van der Waals surface area contributed by atoms with Crippen molar-refractivity contribution in [2.75, 3.05) is 0 Å². The lowest BCUT2D eigenvalue weighted by molar-refractivity contribution is -0.153. The SMILES string of the molecule is O=S(=O)(NC(c1ccc(F)cc1)C(F)(F)F)c1cn2ccncc2n1. The highest BCUT2D eigenvalue weighted by atomic mass is 32.2. The average molecular weight is 374 g/mol. The summed E-state index contributed by atoms with van der Waals surface area (Å²) in [6, 6.07) is 0.825. The number of benzene rings is 1. The van der Waals surface area contributed by atoms with E-state index in [0.717, 1.165) is 30.5 Å². The summed E-state index contributed by atoms with van der Waals surface area (Å²) >= 11 is 0. The lowest BCUT2D eigenvalue weighted by atomic mass is 10.1. The monoisotopic (exact) mass is 374 g/mol. The van der Waals surface area contributed by atoms with E-state index in [0.29, 0.717) is 0 Å². The van der Waals surface area contributed by atoms with Crippen LogP contribution in [0.2, 0.25) is 0 Å². The summed E-state index contributed by atoms with van der Waals surface area (Å²) in [4.78, 5) is 7.50. The van der Waals surface area contributed by atoms with Gasteiger partial charge >= 0.3 is 6.18 Å². The Morgan fingerprint density at radius 2 is 1.84 bits per heavy atom. The van der Waals surface area contributed by atoms with Crippen LogP contribution >= 0.6 is 0 Å². The van der Waals surface area contributed by atoms with Gasteiger partial charge in [0.15, 0.2) is 10.7 Å². The van der Waals surface area contributed by atoms with Gasteiger partial charge in [0.25, 0.3) is 10.0 Å². The molecule has 1 atom stereocenters. The van der Waals surface area contributed by atoms with Crippen molar-refractivity contribution in [2.45, 2.75) is 17.2 Å². The molecule has 2 aromatic heterocycles. The molecule has 1 N–H and O–H groups in total. The number of rotatable bonds is 4. The van der Waals surface area contributed by atoms with Crippen molar-refractivity contribution < 1.29 is 26.0 Å². The van der Waals surface area contributed by atoms with Crippen molar-refractivity contribution in [1.82, 2.24) is 19.1 Å². The Morgan fingerprint density at radius 3 is 2.44 bits per heavy atom. The van der Waals surface area contributed by atoms with Crippen LogP contribution in [0.25, 0.3) is 5.65 Å². The molecule has 11 heteroatoms. The summed E-state index contributed by atoms with van der Waals surface area (Å²) in [5.41, 5.74) is -0.281. The molecule has 3 aromatic rings. The molecular formula is C14H10F4N4O2S. The maximum absolute atomic E-state index is 13.3. The van der Waals surface area contributed by atoms with Crippen LogP contribution in [-0.4, -0.2) is 29.0 Å². The molecule has 2 heterocycles. The van der Waals surface area contributed by atoms with Gasteiger partial charge in [-0.05, 0) is 17.7 Å². The van der Waals surface area contributed by atoms with Gasteiger partial charge in [0.1, 0.15) is 11.9 Å². The molecule has 0 spiro atoms. The van der Waals surface area contributed by atoms with Crippen LogP contribution in [0.5, 0.6) is 0 Å². The Balaban J connectivity index is 1.99. The Kier molecular flexibility index (Phi) is 4.21. The number of halogens is 4. The van der Waals surface area contributed by atoms with E-state index in [1.54, 1.807) is 4.72 Å². The number of fused-ring (bicyclic) bond motifs is 1. The summed E-state index contributed by atoms with van der Waals surface area (Å²) in [7, 11) is -4.59. The average Bonchev–Trinajstić information content (AvgIpc) is 2.98. The van der Waals surface area contributed by atoms with Crippen LogP contribution in [0.4, 0.5) is 17.6 Å². The third-order valence-electron chi connectivity index (χ3n) is 3.32. The third-order valence-corrected chi connectivity index (χ3v) is 4.61. The predicted molar refractivity (Wildman–Crippen MR) is 78.5 cm³/mol. The minimum Gasteiger partial charge on any atom is -0.303 e. The Hall–Kier alpha value is -2.53. The van der Waals surface area contributed by atoms with E-state index in [2.05, 4.69) is 9.97 Å². The van der Waals surface area contributed by atoms with Crippen LogP contribution in [-0.2, 0) is 10.0 Å². The summed E-state index contributed by atoms with van der Waals surface area (Å²) in [6.45, 7) is 0. The number of nitrogens with one attached hydrogen (secondary N) is 1. The Morgan fingerprint density at radius 1 is 1.16 bits per heavy atom. The molecule has 0 saturated carbocycles. The van der Waals surface area contributed by atoms with Crippen molar-refractivity contribution >= 4 is 15.7 Å². The number of sulfonamides is 1. The van der Waals surface area contributed by atoms with Gasteiger partial charge in [-0.15, -0.1) is 0 Å². The smallest absolute Gasteiger partial charge is 0.303 e. The molecule has 0 bridgehead atoms. The molecule has 0 radical (unpaired) electrons. The zero-order valence-electron chi connectivity index (χ0n) is 12.3. The molecule has 0 aliphatic carbocycles. The van der Waals surface area contributed by atoms with Gasteiger partial charge < -0.3 is 4.40 Å². The highest BCUT2D eigenvalue weighted by molar-refractivity contribution is 7.89. The number of aromatic nitrogens is 3. The van der Waals surface area contributed by atoms with Gasteiger partial charge in [0.2, 0.25) is 0 Å². The molecule has 0 fully saturated rings. The Bertz CT molecular complexity index is 967. The fraction of sp³-hybridized carbons (Fsp3) is 0.143. The predicted octanol–water partition coefficient (Wildman–Crippen LogP) is 2.45. The molecular weight excluding hydrogens is 364 g/mol. The van der Waals surface area contributed by atoms with E-state index < -0.39 is 38.6 Å². The maximum Gasteiger partial charge on any atom is 0.408 e. The number of nitrogens with zero attached hydrogens (tertiary/aromatic N) is 3. The second-order valence-corrected chi connectivity index (χ2v) is 6.73. The topological polar surface area (TPSA) is 76.4 Å². The van der Waals surface area contributed by atoms with E-state index in [1.807, 2.05) is 0 Å². The standard InChI is InChI=1S/C14H10F4N4O2S/c15-10-3-1-9(2-4-10)13(14(16,17)18)21-25(23,24)12-8-22-6-5-19-7-11(22)20-12/h1-8,13,21H. The molecule has 0 amide bonds. The second kappa shape index (κ2) is 6.08. The quantitative estimate of drug-likeness (QED) is 0.712. The van der Waals surface area contributed by atoms with E-state index >= 15 is 0 Å². The normalized spacial score (nSPS) is 13.9. The first-order chi connectivity index (χ1) is 11.7. The van der Waals surface area contributed by atoms with Crippen LogP contribution in [0.15, 0.2) is 54.1 Å². The van der Waals surface area contributed by atoms with E-state index in [1.165, 1.54) is 23.0 Å². The summed E-state index contributed by atoms with van der Waals surface area (Å²) in [5, 5.41) is -0.586. The van der Waals surface area contributed by atoms with Crippen LogP contribution in [0.1, 0.15) is 11.6 Å².